The molecule has 1 rings (SSSR count). The molecule has 5 heteroatoms. The zero-order chi connectivity index (χ0) is 12.3. The van der Waals surface area contributed by atoms with Gasteiger partial charge in [0.05, 0.1) is 6.26 Å². The summed E-state index contributed by atoms with van der Waals surface area (Å²) in [5.74, 6) is 0.573. The maximum absolute atomic E-state index is 11.4. The second-order valence-corrected chi connectivity index (χ2v) is 6.86. The average Bonchev–Trinajstić information content (AvgIpc) is 2.16. The standard InChI is InChI=1S/C11H21NO3S/c1-9(10(2)13)7-11-5-4-6-12(8-11)16(3,14)15/h9,11H,4-8H2,1-3H3. The summed E-state index contributed by atoms with van der Waals surface area (Å²) in [6.45, 7) is 4.73. The number of ketones is 1. The molecule has 2 atom stereocenters. The van der Waals surface area contributed by atoms with Crippen LogP contribution >= 0.6 is 0 Å². The third-order valence-corrected chi connectivity index (χ3v) is 4.60. The van der Waals surface area contributed by atoms with Crippen LogP contribution in [0.15, 0.2) is 0 Å². The molecule has 0 spiro atoms. The Morgan fingerprint density at radius 2 is 2.12 bits per heavy atom. The van der Waals surface area contributed by atoms with Gasteiger partial charge in [-0.3, -0.25) is 4.79 Å². The van der Waals surface area contributed by atoms with Crippen molar-refractivity contribution in [2.75, 3.05) is 19.3 Å². The van der Waals surface area contributed by atoms with Crippen molar-refractivity contribution in [1.82, 2.24) is 4.31 Å². The van der Waals surface area contributed by atoms with Gasteiger partial charge in [0, 0.05) is 19.0 Å². The molecule has 1 heterocycles. The third-order valence-electron chi connectivity index (χ3n) is 3.33. The Bertz CT molecular complexity index is 350. The molecule has 94 valence electrons. The van der Waals surface area contributed by atoms with Gasteiger partial charge in [0.1, 0.15) is 5.78 Å². The van der Waals surface area contributed by atoms with E-state index in [1.165, 1.54) is 10.6 Å². The van der Waals surface area contributed by atoms with Crippen LogP contribution in [0.25, 0.3) is 0 Å². The predicted molar refractivity (Wildman–Crippen MR) is 63.6 cm³/mol. The average molecular weight is 247 g/mol. The summed E-state index contributed by atoms with van der Waals surface area (Å²) >= 11 is 0. The molecule has 0 aliphatic carbocycles. The summed E-state index contributed by atoms with van der Waals surface area (Å²) in [5, 5.41) is 0. The minimum Gasteiger partial charge on any atom is -0.300 e. The molecule has 1 fully saturated rings. The van der Waals surface area contributed by atoms with E-state index in [2.05, 4.69) is 0 Å². The number of hydrogen-bond donors (Lipinski definition) is 0. The van der Waals surface area contributed by atoms with Crippen LogP contribution in [0, 0.1) is 11.8 Å². The minimum atomic E-state index is -3.07. The maximum Gasteiger partial charge on any atom is 0.211 e. The third kappa shape index (κ3) is 3.87. The van der Waals surface area contributed by atoms with Gasteiger partial charge in [-0.05, 0) is 32.1 Å². The van der Waals surface area contributed by atoms with Gasteiger partial charge >= 0.3 is 0 Å². The van der Waals surface area contributed by atoms with E-state index in [1.54, 1.807) is 6.92 Å². The van der Waals surface area contributed by atoms with Gasteiger partial charge in [-0.25, -0.2) is 12.7 Å². The Morgan fingerprint density at radius 1 is 1.50 bits per heavy atom. The van der Waals surface area contributed by atoms with Crippen LogP contribution in [0.4, 0.5) is 0 Å². The number of Topliss-reactive ketones (excluding diaryl/α,β-unsaturated/α-hetero) is 1. The fourth-order valence-electron chi connectivity index (χ4n) is 2.19. The molecule has 0 aromatic carbocycles. The van der Waals surface area contributed by atoms with Crippen LogP contribution in [0.5, 0.6) is 0 Å². The highest BCUT2D eigenvalue weighted by molar-refractivity contribution is 7.88. The van der Waals surface area contributed by atoms with Crippen LogP contribution < -0.4 is 0 Å². The monoisotopic (exact) mass is 247 g/mol. The first-order valence-corrected chi connectivity index (χ1v) is 7.61. The molecular weight excluding hydrogens is 226 g/mol. The zero-order valence-electron chi connectivity index (χ0n) is 10.3. The normalized spacial score (nSPS) is 25.3. The number of rotatable bonds is 4. The first-order valence-electron chi connectivity index (χ1n) is 5.76. The Labute approximate surface area is 98.1 Å². The van der Waals surface area contributed by atoms with Gasteiger partial charge < -0.3 is 0 Å². The van der Waals surface area contributed by atoms with E-state index < -0.39 is 10.0 Å². The smallest absolute Gasteiger partial charge is 0.211 e. The number of carbonyl (C=O) groups excluding carboxylic acids is 1. The molecule has 0 aromatic heterocycles. The number of piperidine rings is 1. The Balaban J connectivity index is 2.55. The van der Waals surface area contributed by atoms with Gasteiger partial charge in [0.25, 0.3) is 0 Å². The fraction of sp³-hybridized carbons (Fsp3) is 0.909. The Hall–Kier alpha value is -0.420. The fourth-order valence-corrected chi connectivity index (χ4v) is 3.13. The highest BCUT2D eigenvalue weighted by atomic mass is 32.2. The molecule has 0 bridgehead atoms. The van der Waals surface area contributed by atoms with Crippen molar-refractivity contribution in [2.45, 2.75) is 33.1 Å². The molecule has 0 N–H and O–H groups in total. The van der Waals surface area contributed by atoms with Crippen LogP contribution in [-0.2, 0) is 14.8 Å². The van der Waals surface area contributed by atoms with E-state index in [9.17, 15) is 13.2 Å². The Morgan fingerprint density at radius 3 is 2.62 bits per heavy atom. The highest BCUT2D eigenvalue weighted by Crippen LogP contribution is 2.24. The second kappa shape index (κ2) is 5.27. The number of carbonyl (C=O) groups is 1. The van der Waals surface area contributed by atoms with E-state index in [0.29, 0.717) is 19.0 Å². The molecule has 4 nitrogen and oxygen atoms in total. The molecule has 0 aromatic rings. The van der Waals surface area contributed by atoms with Crippen LogP contribution in [0.1, 0.15) is 33.1 Å². The first-order chi connectivity index (χ1) is 7.30. The summed E-state index contributed by atoms with van der Waals surface area (Å²) in [6.07, 6.45) is 4.00. The predicted octanol–water partition coefficient (Wildman–Crippen LogP) is 1.27. The first kappa shape index (κ1) is 13.6. The lowest BCUT2D eigenvalue weighted by Crippen LogP contribution is -2.39. The maximum atomic E-state index is 11.4. The van der Waals surface area contributed by atoms with Crippen LogP contribution in [0.3, 0.4) is 0 Å². The molecule has 1 aliphatic heterocycles. The molecule has 0 radical (unpaired) electrons. The minimum absolute atomic E-state index is 0.0458. The van der Waals surface area contributed by atoms with E-state index in [0.717, 1.165) is 19.3 Å². The topological polar surface area (TPSA) is 54.5 Å². The molecule has 1 saturated heterocycles. The van der Waals surface area contributed by atoms with E-state index in [4.69, 9.17) is 0 Å². The van der Waals surface area contributed by atoms with Gasteiger partial charge in [-0.2, -0.15) is 0 Å². The summed E-state index contributed by atoms with van der Waals surface area (Å²) in [5.41, 5.74) is 0. The number of sulfonamides is 1. The number of nitrogens with zero attached hydrogens (tertiary/aromatic N) is 1. The lowest BCUT2D eigenvalue weighted by molar-refractivity contribution is -0.120. The van der Waals surface area contributed by atoms with Crippen molar-refractivity contribution >= 4 is 15.8 Å². The van der Waals surface area contributed by atoms with Crippen LogP contribution in [0.2, 0.25) is 0 Å². The van der Waals surface area contributed by atoms with Gasteiger partial charge in [-0.15, -0.1) is 0 Å². The van der Waals surface area contributed by atoms with Crippen molar-refractivity contribution < 1.29 is 13.2 Å². The van der Waals surface area contributed by atoms with Crippen molar-refractivity contribution in [3.8, 4) is 0 Å². The molecular formula is C11H21NO3S. The summed E-state index contributed by atoms with van der Waals surface area (Å²) in [6, 6.07) is 0. The second-order valence-electron chi connectivity index (χ2n) is 4.88. The Kier molecular flexibility index (Phi) is 4.50. The van der Waals surface area contributed by atoms with Crippen molar-refractivity contribution in [1.29, 1.82) is 0 Å². The molecule has 1 aliphatic rings. The van der Waals surface area contributed by atoms with Crippen LogP contribution in [-0.4, -0.2) is 37.9 Å². The quantitative estimate of drug-likeness (QED) is 0.752. The highest BCUT2D eigenvalue weighted by Gasteiger charge is 2.27. The molecule has 2 unspecified atom stereocenters. The summed E-state index contributed by atoms with van der Waals surface area (Å²) in [7, 11) is -3.07. The number of hydrogen-bond acceptors (Lipinski definition) is 3. The summed E-state index contributed by atoms with van der Waals surface area (Å²) < 4.78 is 24.4. The van der Waals surface area contributed by atoms with Crippen molar-refractivity contribution in [3.63, 3.8) is 0 Å². The zero-order valence-corrected chi connectivity index (χ0v) is 11.1. The lowest BCUT2D eigenvalue weighted by Gasteiger charge is -2.31. The molecule has 0 saturated carbocycles. The summed E-state index contributed by atoms with van der Waals surface area (Å²) in [4.78, 5) is 11.2. The molecule has 0 amide bonds. The van der Waals surface area contributed by atoms with Gasteiger partial charge in [-0.1, -0.05) is 6.92 Å². The lowest BCUT2D eigenvalue weighted by atomic mass is 9.88. The SMILES string of the molecule is CC(=O)C(C)CC1CCCN(S(C)(=O)=O)C1. The molecule has 16 heavy (non-hydrogen) atoms. The van der Waals surface area contributed by atoms with E-state index in [1.807, 2.05) is 6.92 Å². The largest absolute Gasteiger partial charge is 0.300 e. The van der Waals surface area contributed by atoms with Crippen molar-refractivity contribution in [2.24, 2.45) is 11.8 Å². The van der Waals surface area contributed by atoms with E-state index in [-0.39, 0.29) is 11.7 Å². The van der Waals surface area contributed by atoms with Gasteiger partial charge in [0.15, 0.2) is 0 Å². The van der Waals surface area contributed by atoms with Crippen molar-refractivity contribution in [3.05, 3.63) is 0 Å². The van der Waals surface area contributed by atoms with Gasteiger partial charge in [0.2, 0.25) is 10.0 Å². The van der Waals surface area contributed by atoms with E-state index >= 15 is 0 Å².